The minimum atomic E-state index is 0.286. The van der Waals surface area contributed by atoms with Crippen molar-refractivity contribution < 1.29 is 9.59 Å². The number of nitrogens with zero attached hydrogens (tertiary/aromatic N) is 1. The van der Waals surface area contributed by atoms with Crippen molar-refractivity contribution >= 4 is 23.5 Å². The number of aliphatic hydroxyl groups is 1. The predicted octanol–water partition coefficient (Wildman–Crippen LogP) is 2.35. The van der Waals surface area contributed by atoms with Gasteiger partial charge in [0.15, 0.2) is 0 Å². The van der Waals surface area contributed by atoms with E-state index < -0.39 is 0 Å². The van der Waals surface area contributed by atoms with Gasteiger partial charge >= 0.3 is 0 Å². The molecule has 1 fully saturated rings. The standard InChI is InChI=1S/C12H18NOS2/c14-7-6-13(9-15-11-16-10-13)8-12-4-2-1-3-5-12/h1-5,14H,6-11H2/q+1. The summed E-state index contributed by atoms with van der Waals surface area (Å²) in [6.45, 7) is 2.20. The molecule has 1 aromatic rings. The van der Waals surface area contributed by atoms with Gasteiger partial charge in [0.1, 0.15) is 24.8 Å². The first kappa shape index (κ1) is 12.3. The average molecular weight is 256 g/mol. The number of quaternary nitrogens is 1. The molecule has 1 N–H and O–H groups in total. The minimum Gasteiger partial charge on any atom is -0.391 e. The molecular formula is C12H18NOS2+. The van der Waals surface area contributed by atoms with E-state index in [0.29, 0.717) is 0 Å². The highest BCUT2D eigenvalue weighted by molar-refractivity contribution is 8.16. The van der Waals surface area contributed by atoms with Crippen molar-refractivity contribution in [2.45, 2.75) is 6.54 Å². The van der Waals surface area contributed by atoms with Crippen molar-refractivity contribution in [1.29, 1.82) is 0 Å². The third kappa shape index (κ3) is 3.17. The molecule has 16 heavy (non-hydrogen) atoms. The fourth-order valence-corrected chi connectivity index (χ4v) is 4.62. The van der Waals surface area contributed by atoms with E-state index in [4.69, 9.17) is 0 Å². The molecule has 0 atom stereocenters. The van der Waals surface area contributed by atoms with Crippen molar-refractivity contribution in [3.63, 3.8) is 0 Å². The summed E-state index contributed by atoms with van der Waals surface area (Å²) in [6.07, 6.45) is 0. The molecule has 0 aromatic heterocycles. The monoisotopic (exact) mass is 256 g/mol. The molecule has 0 unspecified atom stereocenters. The zero-order chi connectivity index (χ0) is 11.3. The summed E-state index contributed by atoms with van der Waals surface area (Å²) in [5.74, 6) is 2.25. The Morgan fingerprint density at radius 3 is 2.44 bits per heavy atom. The molecule has 0 amide bonds. The lowest BCUT2D eigenvalue weighted by atomic mass is 10.2. The van der Waals surface area contributed by atoms with Crippen LogP contribution in [0.5, 0.6) is 0 Å². The molecule has 4 heteroatoms. The molecule has 88 valence electrons. The van der Waals surface area contributed by atoms with Crippen LogP contribution in [0.25, 0.3) is 0 Å². The van der Waals surface area contributed by atoms with Gasteiger partial charge in [0.05, 0.1) is 6.61 Å². The lowest BCUT2D eigenvalue weighted by molar-refractivity contribution is -0.918. The van der Waals surface area contributed by atoms with Gasteiger partial charge < -0.3 is 9.59 Å². The molecule has 2 nitrogen and oxygen atoms in total. The summed E-state index contributed by atoms with van der Waals surface area (Å²) in [5, 5.41) is 10.4. The van der Waals surface area contributed by atoms with E-state index in [9.17, 15) is 5.11 Å². The van der Waals surface area contributed by atoms with Gasteiger partial charge in [-0.3, -0.25) is 0 Å². The topological polar surface area (TPSA) is 20.2 Å². The van der Waals surface area contributed by atoms with E-state index in [1.165, 1.54) is 10.6 Å². The second kappa shape index (κ2) is 5.96. The van der Waals surface area contributed by atoms with Crippen LogP contribution in [0, 0.1) is 0 Å². The molecule has 0 radical (unpaired) electrons. The number of hydrogen-bond acceptors (Lipinski definition) is 3. The normalized spacial score (nSPS) is 19.6. The molecule has 0 saturated carbocycles. The Bertz CT molecular complexity index is 307. The highest BCUT2D eigenvalue weighted by Gasteiger charge is 2.30. The first-order valence-corrected chi connectivity index (χ1v) is 7.81. The SMILES string of the molecule is OCC[N+]1(Cc2ccccc2)CSCSC1. The summed E-state index contributed by atoms with van der Waals surface area (Å²) < 4.78 is 1.01. The Balaban J connectivity index is 2.07. The van der Waals surface area contributed by atoms with Crippen molar-refractivity contribution in [3.05, 3.63) is 35.9 Å². The van der Waals surface area contributed by atoms with Crippen LogP contribution in [0.1, 0.15) is 5.56 Å². The zero-order valence-corrected chi connectivity index (χ0v) is 11.0. The summed E-state index contributed by atoms with van der Waals surface area (Å²) in [5.41, 5.74) is 1.37. The van der Waals surface area contributed by atoms with Crippen molar-refractivity contribution in [3.8, 4) is 0 Å². The van der Waals surface area contributed by atoms with E-state index in [-0.39, 0.29) is 6.61 Å². The van der Waals surface area contributed by atoms with Crippen LogP contribution < -0.4 is 0 Å². The molecule has 0 bridgehead atoms. The third-order valence-electron chi connectivity index (χ3n) is 2.83. The van der Waals surface area contributed by atoms with Gasteiger partial charge in [0.25, 0.3) is 0 Å². The number of aliphatic hydroxyl groups excluding tert-OH is 1. The van der Waals surface area contributed by atoms with Crippen LogP contribution in [-0.4, -0.2) is 39.6 Å². The molecule has 1 aliphatic rings. The van der Waals surface area contributed by atoms with Gasteiger partial charge in [-0.05, 0) is 0 Å². The molecule has 1 heterocycles. The van der Waals surface area contributed by atoms with Crippen LogP contribution in [0.4, 0.5) is 0 Å². The largest absolute Gasteiger partial charge is 0.391 e. The lowest BCUT2D eigenvalue weighted by Crippen LogP contribution is -2.50. The molecule has 1 aliphatic heterocycles. The minimum absolute atomic E-state index is 0.286. The summed E-state index contributed by atoms with van der Waals surface area (Å²) in [7, 11) is 0. The number of hydrogen-bond donors (Lipinski definition) is 1. The first-order chi connectivity index (χ1) is 7.85. The molecule has 1 aromatic carbocycles. The van der Waals surface area contributed by atoms with Crippen molar-refractivity contribution in [1.82, 2.24) is 0 Å². The van der Waals surface area contributed by atoms with E-state index in [1.807, 2.05) is 23.5 Å². The van der Waals surface area contributed by atoms with Gasteiger partial charge in [0.2, 0.25) is 0 Å². The quantitative estimate of drug-likeness (QED) is 0.835. The number of rotatable bonds is 4. The van der Waals surface area contributed by atoms with E-state index >= 15 is 0 Å². The van der Waals surface area contributed by atoms with Gasteiger partial charge in [-0.2, -0.15) is 0 Å². The highest BCUT2D eigenvalue weighted by atomic mass is 32.2. The Hall–Kier alpha value is -0.160. The fraction of sp³-hybridized carbons (Fsp3) is 0.500. The fourth-order valence-electron chi connectivity index (χ4n) is 2.04. The van der Waals surface area contributed by atoms with Crippen LogP contribution in [0.2, 0.25) is 0 Å². The van der Waals surface area contributed by atoms with Gasteiger partial charge in [-0.1, -0.05) is 53.9 Å². The summed E-state index contributed by atoms with van der Waals surface area (Å²) in [6, 6.07) is 10.6. The summed E-state index contributed by atoms with van der Waals surface area (Å²) in [4.78, 5) is 0. The molecule has 0 aliphatic carbocycles. The van der Waals surface area contributed by atoms with Crippen molar-refractivity contribution in [2.75, 3.05) is 30.0 Å². The molecular weight excluding hydrogens is 238 g/mol. The maximum absolute atomic E-state index is 9.23. The highest BCUT2D eigenvalue weighted by Crippen LogP contribution is 2.30. The Morgan fingerprint density at radius 1 is 1.12 bits per heavy atom. The van der Waals surface area contributed by atoms with Crippen LogP contribution in [-0.2, 0) is 6.54 Å². The van der Waals surface area contributed by atoms with Crippen molar-refractivity contribution in [2.24, 2.45) is 0 Å². The average Bonchev–Trinajstić information content (AvgIpc) is 2.31. The lowest BCUT2D eigenvalue weighted by Gasteiger charge is -2.40. The van der Waals surface area contributed by atoms with E-state index in [0.717, 1.165) is 29.3 Å². The first-order valence-electron chi connectivity index (χ1n) is 5.50. The Morgan fingerprint density at radius 2 is 1.81 bits per heavy atom. The van der Waals surface area contributed by atoms with Crippen LogP contribution >= 0.6 is 23.5 Å². The van der Waals surface area contributed by atoms with Crippen LogP contribution in [0.3, 0.4) is 0 Å². The molecule has 2 rings (SSSR count). The van der Waals surface area contributed by atoms with Crippen LogP contribution in [0.15, 0.2) is 30.3 Å². The van der Waals surface area contributed by atoms with Gasteiger partial charge in [-0.25, -0.2) is 0 Å². The number of benzene rings is 1. The predicted molar refractivity (Wildman–Crippen MR) is 72.1 cm³/mol. The Kier molecular flexibility index (Phi) is 4.58. The second-order valence-electron chi connectivity index (χ2n) is 4.22. The summed E-state index contributed by atoms with van der Waals surface area (Å²) >= 11 is 3.97. The maximum Gasteiger partial charge on any atom is 0.127 e. The van der Waals surface area contributed by atoms with E-state index in [2.05, 4.69) is 30.3 Å². The van der Waals surface area contributed by atoms with Gasteiger partial charge in [-0.15, -0.1) is 0 Å². The smallest absolute Gasteiger partial charge is 0.127 e. The van der Waals surface area contributed by atoms with Gasteiger partial charge in [0, 0.05) is 10.6 Å². The zero-order valence-electron chi connectivity index (χ0n) is 9.34. The number of thioether (sulfide) groups is 2. The second-order valence-corrected chi connectivity index (χ2v) is 6.49. The maximum atomic E-state index is 9.23. The molecule has 0 spiro atoms. The molecule has 1 saturated heterocycles. The Labute approximate surface area is 106 Å². The van der Waals surface area contributed by atoms with E-state index in [1.54, 1.807) is 0 Å². The third-order valence-corrected chi connectivity index (χ3v) is 5.63.